The Labute approximate surface area is 103 Å². The van der Waals surface area contributed by atoms with Gasteiger partial charge in [0.05, 0.1) is 6.42 Å². The summed E-state index contributed by atoms with van der Waals surface area (Å²) in [4.78, 5) is 7.86. The van der Waals surface area contributed by atoms with Crippen LogP contribution in [-0.2, 0) is 6.42 Å². The molecular weight excluding hydrogens is 247 g/mol. The fourth-order valence-corrected chi connectivity index (χ4v) is 1.50. The van der Waals surface area contributed by atoms with Gasteiger partial charge in [-0.2, -0.15) is 13.2 Å². The van der Waals surface area contributed by atoms with Gasteiger partial charge in [0.1, 0.15) is 18.0 Å². The summed E-state index contributed by atoms with van der Waals surface area (Å²) in [6.45, 7) is 1.73. The van der Waals surface area contributed by atoms with Gasteiger partial charge in [-0.05, 0) is 6.42 Å². The molecule has 0 aliphatic carbocycles. The summed E-state index contributed by atoms with van der Waals surface area (Å²) < 4.78 is 36.1. The van der Waals surface area contributed by atoms with Crippen LogP contribution in [0.1, 0.15) is 25.3 Å². The molecule has 0 saturated carbocycles. The lowest BCUT2D eigenvalue weighted by molar-refractivity contribution is -0.131. The van der Waals surface area contributed by atoms with Crippen LogP contribution in [0.5, 0.6) is 0 Å². The predicted octanol–water partition coefficient (Wildman–Crippen LogP) is 2.08. The summed E-state index contributed by atoms with van der Waals surface area (Å²) in [6, 6.07) is 0. The number of halogens is 3. The maximum atomic E-state index is 12.0. The topological polar surface area (TPSA) is 75.9 Å². The van der Waals surface area contributed by atoms with E-state index in [4.69, 9.17) is 5.84 Å². The molecule has 0 amide bonds. The van der Waals surface area contributed by atoms with Crippen LogP contribution in [0.4, 0.5) is 24.8 Å². The van der Waals surface area contributed by atoms with E-state index >= 15 is 0 Å². The summed E-state index contributed by atoms with van der Waals surface area (Å²) in [7, 11) is 0. The number of rotatable bonds is 6. The molecule has 4 N–H and O–H groups in total. The van der Waals surface area contributed by atoms with Crippen molar-refractivity contribution in [3.05, 3.63) is 11.9 Å². The highest BCUT2D eigenvalue weighted by molar-refractivity contribution is 5.56. The zero-order chi connectivity index (χ0) is 13.6. The van der Waals surface area contributed by atoms with Crippen LogP contribution >= 0.6 is 0 Å². The number of hydrogen-bond donors (Lipinski definition) is 3. The average molecular weight is 263 g/mol. The van der Waals surface area contributed by atoms with Crippen molar-refractivity contribution in [2.75, 3.05) is 17.3 Å². The van der Waals surface area contributed by atoms with Crippen LogP contribution in [0, 0.1) is 0 Å². The number of hydrogen-bond acceptors (Lipinski definition) is 5. The van der Waals surface area contributed by atoms with E-state index in [0.29, 0.717) is 23.6 Å². The van der Waals surface area contributed by atoms with Crippen molar-refractivity contribution in [1.29, 1.82) is 0 Å². The molecule has 0 bridgehead atoms. The van der Waals surface area contributed by atoms with Crippen molar-refractivity contribution in [1.82, 2.24) is 9.97 Å². The molecule has 0 spiro atoms. The molecule has 1 aromatic heterocycles. The first-order valence-electron chi connectivity index (χ1n) is 5.59. The molecule has 0 unspecified atom stereocenters. The zero-order valence-electron chi connectivity index (χ0n) is 10.0. The van der Waals surface area contributed by atoms with Crippen LogP contribution in [0.2, 0.25) is 0 Å². The van der Waals surface area contributed by atoms with E-state index in [2.05, 4.69) is 20.7 Å². The Bertz CT molecular complexity index is 380. The smallest absolute Gasteiger partial charge is 0.369 e. The van der Waals surface area contributed by atoms with Crippen LogP contribution in [0.3, 0.4) is 0 Å². The number of nitrogens with two attached hydrogens (primary N) is 1. The lowest BCUT2D eigenvalue weighted by Crippen LogP contribution is -2.18. The molecule has 1 aromatic rings. The third kappa shape index (κ3) is 4.36. The SMILES string of the molecule is CCCc1c(NN)ncnc1NCCC(F)(F)F. The number of alkyl halides is 3. The van der Waals surface area contributed by atoms with E-state index in [1.807, 2.05) is 6.92 Å². The molecule has 5 nitrogen and oxygen atoms in total. The first-order valence-corrected chi connectivity index (χ1v) is 5.59. The third-order valence-corrected chi connectivity index (χ3v) is 2.28. The normalized spacial score (nSPS) is 11.4. The summed E-state index contributed by atoms with van der Waals surface area (Å²) in [5.74, 6) is 6.12. The molecule has 102 valence electrons. The van der Waals surface area contributed by atoms with Crippen molar-refractivity contribution < 1.29 is 13.2 Å². The van der Waals surface area contributed by atoms with E-state index in [9.17, 15) is 13.2 Å². The van der Waals surface area contributed by atoms with Crippen LogP contribution in [0.25, 0.3) is 0 Å². The number of anilines is 2. The minimum absolute atomic E-state index is 0.221. The number of hydrazine groups is 1. The second-order valence-electron chi connectivity index (χ2n) is 3.74. The van der Waals surface area contributed by atoms with E-state index < -0.39 is 12.6 Å². The second kappa shape index (κ2) is 6.39. The standard InChI is InChI=1S/C10H16F3N5/c1-2-3-7-8(15-5-4-10(11,12)13)16-6-17-9(7)18-14/h6H,2-5,14H2,1H3,(H2,15,16,17,18). The molecule has 0 aromatic carbocycles. The number of nitrogens with one attached hydrogen (secondary N) is 2. The Balaban J connectivity index is 2.75. The maximum absolute atomic E-state index is 12.0. The summed E-state index contributed by atoms with van der Waals surface area (Å²) in [6.07, 6.45) is -2.39. The molecular formula is C10H16F3N5. The lowest BCUT2D eigenvalue weighted by Gasteiger charge is -2.14. The molecule has 0 aliphatic rings. The quantitative estimate of drug-likeness (QED) is 0.541. The molecule has 18 heavy (non-hydrogen) atoms. The van der Waals surface area contributed by atoms with Crippen molar-refractivity contribution in [3.63, 3.8) is 0 Å². The molecule has 0 atom stereocenters. The van der Waals surface area contributed by atoms with Gasteiger partial charge in [0, 0.05) is 12.1 Å². The molecule has 0 aliphatic heterocycles. The van der Waals surface area contributed by atoms with E-state index in [1.54, 1.807) is 0 Å². The Morgan fingerprint density at radius 2 is 1.94 bits per heavy atom. The minimum Gasteiger partial charge on any atom is -0.369 e. The largest absolute Gasteiger partial charge is 0.390 e. The van der Waals surface area contributed by atoms with Gasteiger partial charge in [-0.3, -0.25) is 0 Å². The van der Waals surface area contributed by atoms with Crippen molar-refractivity contribution in [3.8, 4) is 0 Å². The molecule has 0 fully saturated rings. The number of aromatic nitrogens is 2. The van der Waals surface area contributed by atoms with Crippen molar-refractivity contribution >= 4 is 11.6 Å². The molecule has 8 heteroatoms. The predicted molar refractivity (Wildman–Crippen MR) is 63.0 cm³/mol. The van der Waals surface area contributed by atoms with E-state index in [1.165, 1.54) is 6.33 Å². The third-order valence-electron chi connectivity index (χ3n) is 2.28. The summed E-state index contributed by atoms with van der Waals surface area (Å²) in [5, 5.41) is 2.66. The van der Waals surface area contributed by atoms with Crippen molar-refractivity contribution in [2.24, 2.45) is 5.84 Å². The fraction of sp³-hybridized carbons (Fsp3) is 0.600. The monoisotopic (exact) mass is 263 g/mol. The van der Waals surface area contributed by atoms with Gasteiger partial charge in [-0.1, -0.05) is 13.3 Å². The van der Waals surface area contributed by atoms with Gasteiger partial charge in [0.25, 0.3) is 0 Å². The van der Waals surface area contributed by atoms with Gasteiger partial charge in [0.2, 0.25) is 0 Å². The highest BCUT2D eigenvalue weighted by atomic mass is 19.4. The van der Waals surface area contributed by atoms with Gasteiger partial charge < -0.3 is 10.7 Å². The highest BCUT2D eigenvalue weighted by Crippen LogP contribution is 2.23. The Kier molecular flexibility index (Phi) is 5.14. The van der Waals surface area contributed by atoms with Crippen LogP contribution in [0.15, 0.2) is 6.33 Å². The number of nitrogen functional groups attached to an aromatic ring is 1. The Hall–Kier alpha value is -1.57. The first kappa shape index (κ1) is 14.5. The van der Waals surface area contributed by atoms with Gasteiger partial charge in [-0.25, -0.2) is 15.8 Å². The van der Waals surface area contributed by atoms with Gasteiger partial charge in [0.15, 0.2) is 0 Å². The molecule has 0 saturated heterocycles. The van der Waals surface area contributed by atoms with E-state index in [-0.39, 0.29) is 6.54 Å². The molecule has 0 radical (unpaired) electrons. The maximum Gasteiger partial charge on any atom is 0.390 e. The summed E-state index contributed by atoms with van der Waals surface area (Å²) >= 11 is 0. The zero-order valence-corrected chi connectivity index (χ0v) is 10.0. The van der Waals surface area contributed by atoms with Crippen LogP contribution in [-0.4, -0.2) is 22.7 Å². The van der Waals surface area contributed by atoms with Gasteiger partial charge in [-0.15, -0.1) is 0 Å². The minimum atomic E-state index is -4.18. The Morgan fingerprint density at radius 3 is 2.50 bits per heavy atom. The molecule has 1 heterocycles. The Morgan fingerprint density at radius 1 is 1.28 bits per heavy atom. The second-order valence-corrected chi connectivity index (χ2v) is 3.74. The average Bonchev–Trinajstić information content (AvgIpc) is 2.29. The van der Waals surface area contributed by atoms with E-state index in [0.717, 1.165) is 6.42 Å². The lowest BCUT2D eigenvalue weighted by atomic mass is 10.1. The summed E-state index contributed by atoms with van der Waals surface area (Å²) in [5.41, 5.74) is 3.11. The van der Waals surface area contributed by atoms with Gasteiger partial charge >= 0.3 is 6.18 Å². The van der Waals surface area contributed by atoms with Crippen molar-refractivity contribution in [2.45, 2.75) is 32.4 Å². The fourth-order valence-electron chi connectivity index (χ4n) is 1.50. The molecule has 1 rings (SSSR count). The highest BCUT2D eigenvalue weighted by Gasteiger charge is 2.26. The number of nitrogens with zero attached hydrogens (tertiary/aromatic N) is 2. The van der Waals surface area contributed by atoms with Crippen LogP contribution < -0.4 is 16.6 Å². The first-order chi connectivity index (χ1) is 8.48.